The monoisotopic (exact) mass is 258 g/mol. The lowest BCUT2D eigenvalue weighted by atomic mass is 9.72. The van der Waals surface area contributed by atoms with Gasteiger partial charge in [0, 0.05) is 18.3 Å². The summed E-state index contributed by atoms with van der Waals surface area (Å²) in [4.78, 5) is 0. The van der Waals surface area contributed by atoms with E-state index in [-0.39, 0.29) is 12.1 Å². The molecule has 6 atom stereocenters. The van der Waals surface area contributed by atoms with Crippen LogP contribution < -0.4 is 15.6 Å². The third kappa shape index (κ3) is 3.03. The maximum atomic E-state index is 12.0. The van der Waals surface area contributed by atoms with Crippen LogP contribution in [-0.2, 0) is 0 Å². The van der Waals surface area contributed by atoms with Crippen LogP contribution in [-0.4, -0.2) is 29.9 Å². The van der Waals surface area contributed by atoms with Crippen LogP contribution in [0.1, 0.15) is 45.4 Å². The average Bonchev–Trinajstić information content (AvgIpc) is 2.38. The molecule has 1 aliphatic heterocycles. The van der Waals surface area contributed by atoms with Crippen molar-refractivity contribution in [3.63, 3.8) is 0 Å². The van der Waals surface area contributed by atoms with Crippen molar-refractivity contribution in [3.05, 3.63) is 5.21 Å². The Balaban J connectivity index is 1.98. The molecule has 0 spiro atoms. The fourth-order valence-electron chi connectivity index (χ4n) is 3.88. The summed E-state index contributed by atoms with van der Waals surface area (Å²) in [5.74, 6) is 0.629. The summed E-state index contributed by atoms with van der Waals surface area (Å²) in [6.07, 6.45) is 4.98. The van der Waals surface area contributed by atoms with E-state index in [2.05, 4.69) is 12.2 Å². The van der Waals surface area contributed by atoms with E-state index in [0.717, 1.165) is 38.6 Å². The highest BCUT2D eigenvalue weighted by molar-refractivity contribution is 4.85. The maximum Gasteiger partial charge on any atom is 0.120 e. The number of nitrogens with one attached hydrogen (secondary N) is 1. The van der Waals surface area contributed by atoms with E-state index >= 15 is 0 Å². The van der Waals surface area contributed by atoms with Crippen LogP contribution in [0.2, 0.25) is 0 Å². The first kappa shape index (κ1) is 14.2. The molecule has 1 aliphatic carbocycles. The van der Waals surface area contributed by atoms with Gasteiger partial charge in [0.2, 0.25) is 0 Å². The van der Waals surface area contributed by atoms with Crippen LogP contribution >= 0.6 is 0 Å². The van der Waals surface area contributed by atoms with E-state index < -0.39 is 11.3 Å². The zero-order valence-electron chi connectivity index (χ0n) is 11.2. The number of quaternary nitrogens is 2. The van der Waals surface area contributed by atoms with Crippen molar-refractivity contribution in [2.75, 3.05) is 6.54 Å². The third-order valence-corrected chi connectivity index (χ3v) is 4.98. The molecule has 0 aromatic rings. The highest BCUT2D eigenvalue weighted by Crippen LogP contribution is 2.32. The largest absolute Gasteiger partial charge is 0.848 e. The van der Waals surface area contributed by atoms with Crippen LogP contribution in [0.25, 0.3) is 0 Å². The number of hydroxylamine groups is 2. The number of piperidine rings is 1. The Morgan fingerprint density at radius 1 is 1.33 bits per heavy atom. The molecule has 1 saturated carbocycles. The first-order valence-corrected chi connectivity index (χ1v) is 7.35. The predicted molar refractivity (Wildman–Crippen MR) is 64.6 cm³/mol. The summed E-state index contributed by atoms with van der Waals surface area (Å²) >= 11 is 0. The molecule has 5 nitrogen and oxygen atoms in total. The van der Waals surface area contributed by atoms with Gasteiger partial charge in [-0.2, -0.15) is 0 Å². The standard InChI is InChI=1S/C13H25N2O3/c1-2-9-5-6-10(8-11(9)15(17)18)13-12(16)4-3-7-14-13/h9-15,17H,2-8H2,1H3/q-1/p+1. The summed E-state index contributed by atoms with van der Waals surface area (Å²) in [6.45, 7) is 3.11. The molecule has 18 heavy (non-hydrogen) atoms. The predicted octanol–water partition coefficient (Wildman–Crippen LogP) is -1.59. The Labute approximate surface area is 109 Å². The van der Waals surface area contributed by atoms with Crippen molar-refractivity contribution in [3.8, 4) is 0 Å². The van der Waals surface area contributed by atoms with Gasteiger partial charge in [0.15, 0.2) is 0 Å². The summed E-state index contributed by atoms with van der Waals surface area (Å²) in [6, 6.07) is -0.102. The minimum Gasteiger partial charge on any atom is -0.848 e. The van der Waals surface area contributed by atoms with Crippen LogP contribution in [0.4, 0.5) is 0 Å². The molecular weight excluding hydrogens is 232 g/mol. The lowest BCUT2D eigenvalue weighted by Gasteiger charge is -2.44. The molecule has 0 amide bonds. The molecule has 5 heteroatoms. The SMILES string of the molecule is CCC1CCC(C2[NH2+]CCCC2[O-])CC1[NH+]([O-])O. The van der Waals surface area contributed by atoms with Crippen molar-refractivity contribution in [1.29, 1.82) is 0 Å². The second-order valence-corrected chi connectivity index (χ2v) is 5.97. The summed E-state index contributed by atoms with van der Waals surface area (Å²) in [7, 11) is 0. The average molecular weight is 258 g/mol. The van der Waals surface area contributed by atoms with Crippen molar-refractivity contribution < 1.29 is 20.9 Å². The van der Waals surface area contributed by atoms with Crippen molar-refractivity contribution >= 4 is 0 Å². The number of nitrogens with two attached hydrogens (primary N) is 1. The van der Waals surface area contributed by atoms with Gasteiger partial charge in [-0.25, -0.2) is 10.4 Å². The van der Waals surface area contributed by atoms with Gasteiger partial charge < -0.3 is 15.6 Å². The van der Waals surface area contributed by atoms with E-state index in [1.165, 1.54) is 0 Å². The van der Waals surface area contributed by atoms with Gasteiger partial charge in [-0.05, 0) is 25.7 Å². The molecule has 2 rings (SSSR count). The molecule has 0 aromatic heterocycles. The van der Waals surface area contributed by atoms with Crippen LogP contribution in [0.5, 0.6) is 0 Å². The molecule has 2 fully saturated rings. The maximum absolute atomic E-state index is 12.0. The highest BCUT2D eigenvalue weighted by atomic mass is 16.8. The molecule has 1 heterocycles. The first-order chi connectivity index (χ1) is 8.63. The third-order valence-electron chi connectivity index (χ3n) is 4.98. The molecule has 2 aliphatic rings. The Kier molecular flexibility index (Phi) is 4.98. The number of hydrogen-bond donors (Lipinski definition) is 3. The highest BCUT2D eigenvalue weighted by Gasteiger charge is 2.39. The molecule has 0 bridgehead atoms. The normalized spacial score (nSPS) is 43.7. The Hall–Kier alpha value is -0.200. The van der Waals surface area contributed by atoms with Crippen LogP contribution in [0.15, 0.2) is 0 Å². The number of rotatable bonds is 3. The molecule has 1 saturated heterocycles. The Morgan fingerprint density at radius 2 is 2.11 bits per heavy atom. The van der Waals surface area contributed by atoms with E-state index in [9.17, 15) is 15.5 Å². The zero-order chi connectivity index (χ0) is 13.1. The van der Waals surface area contributed by atoms with Crippen LogP contribution in [0.3, 0.4) is 0 Å². The summed E-state index contributed by atoms with van der Waals surface area (Å²) in [5.41, 5.74) is 0. The molecule has 4 N–H and O–H groups in total. The van der Waals surface area contributed by atoms with Gasteiger partial charge in [0.25, 0.3) is 0 Å². The molecule has 0 aromatic carbocycles. The first-order valence-electron chi connectivity index (χ1n) is 7.35. The second kappa shape index (κ2) is 6.30. The van der Waals surface area contributed by atoms with E-state index in [1.54, 1.807) is 0 Å². The van der Waals surface area contributed by atoms with Crippen molar-refractivity contribution in [2.45, 2.75) is 63.6 Å². The number of hydrogen-bond acceptors (Lipinski definition) is 3. The quantitative estimate of drug-likeness (QED) is 0.533. The van der Waals surface area contributed by atoms with Gasteiger partial charge in [-0.1, -0.05) is 19.4 Å². The summed E-state index contributed by atoms with van der Waals surface area (Å²) < 4.78 is 0. The van der Waals surface area contributed by atoms with Gasteiger partial charge in [-0.15, -0.1) is 0 Å². The van der Waals surface area contributed by atoms with E-state index in [0.29, 0.717) is 18.3 Å². The fraction of sp³-hybridized carbons (Fsp3) is 1.00. The van der Waals surface area contributed by atoms with Gasteiger partial charge in [-0.3, -0.25) is 0 Å². The van der Waals surface area contributed by atoms with Gasteiger partial charge in [0.05, 0.1) is 12.6 Å². The zero-order valence-corrected chi connectivity index (χ0v) is 11.2. The van der Waals surface area contributed by atoms with E-state index in [4.69, 9.17) is 0 Å². The van der Waals surface area contributed by atoms with Gasteiger partial charge >= 0.3 is 0 Å². The smallest absolute Gasteiger partial charge is 0.120 e. The van der Waals surface area contributed by atoms with Crippen molar-refractivity contribution in [1.82, 2.24) is 0 Å². The Bertz CT molecular complexity index is 263. The van der Waals surface area contributed by atoms with Crippen molar-refractivity contribution in [2.24, 2.45) is 11.8 Å². The molecule has 6 unspecified atom stereocenters. The van der Waals surface area contributed by atoms with Crippen LogP contribution in [0, 0.1) is 17.0 Å². The minimum absolute atomic E-state index is 0.124. The fourth-order valence-corrected chi connectivity index (χ4v) is 3.88. The summed E-state index contributed by atoms with van der Waals surface area (Å²) in [5, 5.41) is 34.2. The molecular formula is C13H26N2O3. The lowest BCUT2D eigenvalue weighted by molar-refractivity contribution is -1.07. The van der Waals surface area contributed by atoms with Gasteiger partial charge in [0.1, 0.15) is 6.04 Å². The minimum atomic E-state index is -0.662. The topological polar surface area (TPSA) is 87.4 Å². The molecule has 106 valence electrons. The molecule has 0 radical (unpaired) electrons. The Morgan fingerprint density at radius 3 is 2.72 bits per heavy atom. The van der Waals surface area contributed by atoms with E-state index in [1.807, 2.05) is 0 Å². The second-order valence-electron chi connectivity index (χ2n) is 5.97. The lowest BCUT2D eigenvalue weighted by Crippen LogP contribution is -3.10.